The summed E-state index contributed by atoms with van der Waals surface area (Å²) in [5.41, 5.74) is 9.60. The third-order valence-corrected chi connectivity index (χ3v) is 6.77. The first-order valence-electron chi connectivity index (χ1n) is 12.3. The van der Waals surface area contributed by atoms with Crippen LogP contribution < -0.4 is 20.5 Å². The van der Waals surface area contributed by atoms with Crippen molar-refractivity contribution in [1.29, 1.82) is 5.41 Å². The first kappa shape index (κ1) is 23.2. The number of rotatable bonds is 7. The Morgan fingerprint density at radius 2 is 1.89 bits per heavy atom. The number of ether oxygens (including phenoxy) is 2. The standard InChI is InChI=1S/C28H33N5O2/c1-17(2)28-32-24-14-20(35-19-10-12-31-13-11-19)15-25(34-3)26(24)33(28)16-18-8-9-23(27(29)30)22-7-5-4-6-21(18)22/h4-9,14-15,17,19,31H,10-13,16H2,1-3H3,(H3,29,30). The number of nitrogen functional groups attached to an aromatic ring is 1. The fraction of sp³-hybridized carbons (Fsp3) is 0.357. The normalized spacial score (nSPS) is 14.6. The maximum Gasteiger partial charge on any atom is 0.148 e. The van der Waals surface area contributed by atoms with Gasteiger partial charge in [-0.05, 0) is 42.3 Å². The van der Waals surface area contributed by atoms with Gasteiger partial charge in [0.1, 0.15) is 34.8 Å². The molecule has 7 heteroatoms. The van der Waals surface area contributed by atoms with Crippen LogP contribution in [0.2, 0.25) is 0 Å². The molecule has 2 heterocycles. The van der Waals surface area contributed by atoms with E-state index in [0.717, 1.165) is 76.2 Å². The highest BCUT2D eigenvalue weighted by Crippen LogP contribution is 2.36. The number of fused-ring (bicyclic) bond motifs is 2. The molecule has 182 valence electrons. The zero-order valence-electron chi connectivity index (χ0n) is 20.6. The summed E-state index contributed by atoms with van der Waals surface area (Å²) in [6.45, 7) is 6.91. The molecule has 0 bridgehead atoms. The minimum Gasteiger partial charge on any atom is -0.494 e. The third kappa shape index (κ3) is 4.44. The lowest BCUT2D eigenvalue weighted by molar-refractivity contribution is 0.162. The minimum absolute atomic E-state index is 0.0756. The number of piperidine rings is 1. The fourth-order valence-corrected chi connectivity index (χ4v) is 5.06. The van der Waals surface area contributed by atoms with Crippen LogP contribution in [0.3, 0.4) is 0 Å². The van der Waals surface area contributed by atoms with Crippen molar-refractivity contribution in [1.82, 2.24) is 14.9 Å². The predicted octanol–water partition coefficient (Wildman–Crippen LogP) is 4.78. The Morgan fingerprint density at radius 1 is 1.14 bits per heavy atom. The van der Waals surface area contributed by atoms with Gasteiger partial charge in [0.15, 0.2) is 0 Å². The van der Waals surface area contributed by atoms with Crippen LogP contribution >= 0.6 is 0 Å². The Kier molecular flexibility index (Phi) is 6.34. The Balaban J connectivity index is 1.61. The Bertz CT molecular complexity index is 1390. The number of nitrogens with two attached hydrogens (primary N) is 1. The molecule has 0 unspecified atom stereocenters. The van der Waals surface area contributed by atoms with Gasteiger partial charge in [-0.15, -0.1) is 0 Å². The average molecular weight is 472 g/mol. The van der Waals surface area contributed by atoms with Gasteiger partial charge in [-0.25, -0.2) is 4.98 Å². The van der Waals surface area contributed by atoms with Gasteiger partial charge in [0.05, 0.1) is 19.2 Å². The molecule has 1 aliphatic rings. The van der Waals surface area contributed by atoms with Gasteiger partial charge in [-0.3, -0.25) is 5.41 Å². The van der Waals surface area contributed by atoms with E-state index >= 15 is 0 Å². The summed E-state index contributed by atoms with van der Waals surface area (Å²) in [5, 5.41) is 13.4. The molecule has 5 rings (SSSR count). The number of imidazole rings is 1. The van der Waals surface area contributed by atoms with Crippen LogP contribution in [0.25, 0.3) is 21.8 Å². The van der Waals surface area contributed by atoms with Crippen LogP contribution in [0.4, 0.5) is 0 Å². The molecule has 3 aromatic carbocycles. The molecule has 0 saturated carbocycles. The summed E-state index contributed by atoms with van der Waals surface area (Å²) >= 11 is 0. The van der Waals surface area contributed by atoms with Gasteiger partial charge in [0, 0.05) is 23.6 Å². The Labute approximate surface area is 205 Å². The molecule has 0 atom stereocenters. The number of hydrogen-bond acceptors (Lipinski definition) is 5. The van der Waals surface area contributed by atoms with Crippen LogP contribution in [0.5, 0.6) is 11.5 Å². The summed E-state index contributed by atoms with van der Waals surface area (Å²) in [6.07, 6.45) is 2.20. The number of amidine groups is 1. The van der Waals surface area contributed by atoms with E-state index in [1.807, 2.05) is 36.4 Å². The lowest BCUT2D eigenvalue weighted by Gasteiger charge is -2.24. The molecule has 35 heavy (non-hydrogen) atoms. The molecule has 7 nitrogen and oxygen atoms in total. The highest BCUT2D eigenvalue weighted by atomic mass is 16.5. The largest absolute Gasteiger partial charge is 0.494 e. The minimum atomic E-state index is 0.0756. The molecule has 1 aromatic heterocycles. The highest BCUT2D eigenvalue weighted by Gasteiger charge is 2.22. The van der Waals surface area contributed by atoms with Crippen molar-refractivity contribution in [3.63, 3.8) is 0 Å². The van der Waals surface area contributed by atoms with Crippen LogP contribution in [-0.2, 0) is 6.54 Å². The van der Waals surface area contributed by atoms with E-state index in [2.05, 4.69) is 35.9 Å². The van der Waals surface area contributed by atoms with Crippen LogP contribution in [-0.4, -0.2) is 41.7 Å². The number of nitrogens with one attached hydrogen (secondary N) is 2. The highest BCUT2D eigenvalue weighted by molar-refractivity contribution is 6.08. The number of methoxy groups -OCH3 is 1. The summed E-state index contributed by atoms with van der Waals surface area (Å²) in [6, 6.07) is 16.2. The van der Waals surface area contributed by atoms with E-state index < -0.39 is 0 Å². The summed E-state index contributed by atoms with van der Waals surface area (Å²) in [4.78, 5) is 5.03. The van der Waals surface area contributed by atoms with Crippen molar-refractivity contribution in [2.45, 2.75) is 45.3 Å². The van der Waals surface area contributed by atoms with Crippen LogP contribution in [0, 0.1) is 5.41 Å². The smallest absolute Gasteiger partial charge is 0.148 e. The predicted molar refractivity (Wildman–Crippen MR) is 141 cm³/mol. The molecule has 1 fully saturated rings. The van der Waals surface area contributed by atoms with Gasteiger partial charge < -0.3 is 25.1 Å². The van der Waals surface area contributed by atoms with Gasteiger partial charge in [-0.2, -0.15) is 0 Å². The second kappa shape index (κ2) is 9.58. The lowest BCUT2D eigenvalue weighted by Crippen LogP contribution is -2.34. The average Bonchev–Trinajstić information content (AvgIpc) is 3.22. The van der Waals surface area contributed by atoms with Crippen molar-refractivity contribution in [2.75, 3.05) is 20.2 Å². The molecule has 0 amide bonds. The monoisotopic (exact) mass is 471 g/mol. The van der Waals surface area contributed by atoms with E-state index in [9.17, 15) is 0 Å². The first-order valence-corrected chi connectivity index (χ1v) is 12.3. The lowest BCUT2D eigenvalue weighted by atomic mass is 9.98. The van der Waals surface area contributed by atoms with Gasteiger partial charge >= 0.3 is 0 Å². The SMILES string of the molecule is COc1cc(OC2CCNCC2)cc2nc(C(C)C)n(Cc3ccc(C(=N)N)c4ccccc34)c12. The summed E-state index contributed by atoms with van der Waals surface area (Å²) in [5.74, 6) is 2.86. The molecular weight excluding hydrogens is 438 g/mol. The third-order valence-electron chi connectivity index (χ3n) is 6.77. The molecular formula is C28H33N5O2. The molecule has 1 aliphatic heterocycles. The number of hydrogen-bond donors (Lipinski definition) is 3. The van der Waals surface area contributed by atoms with Crippen molar-refractivity contribution >= 4 is 27.6 Å². The van der Waals surface area contributed by atoms with Crippen molar-refractivity contribution < 1.29 is 9.47 Å². The van der Waals surface area contributed by atoms with E-state index in [1.165, 1.54) is 0 Å². The van der Waals surface area contributed by atoms with Crippen molar-refractivity contribution in [3.05, 3.63) is 65.5 Å². The maximum absolute atomic E-state index is 7.98. The second-order valence-corrected chi connectivity index (χ2v) is 9.50. The molecule has 1 saturated heterocycles. The van der Waals surface area contributed by atoms with Crippen LogP contribution in [0.1, 0.15) is 49.6 Å². The van der Waals surface area contributed by atoms with E-state index in [-0.39, 0.29) is 17.9 Å². The Hall–Kier alpha value is -3.58. The molecule has 4 aromatic rings. The summed E-state index contributed by atoms with van der Waals surface area (Å²) in [7, 11) is 1.70. The molecule has 0 radical (unpaired) electrons. The quantitative estimate of drug-likeness (QED) is 0.266. The first-order chi connectivity index (χ1) is 17.0. The maximum atomic E-state index is 7.98. The van der Waals surface area contributed by atoms with E-state index in [0.29, 0.717) is 6.54 Å². The van der Waals surface area contributed by atoms with Gasteiger partial charge in [0.25, 0.3) is 0 Å². The Morgan fingerprint density at radius 3 is 2.57 bits per heavy atom. The number of benzene rings is 3. The van der Waals surface area contributed by atoms with E-state index in [1.54, 1.807) is 7.11 Å². The van der Waals surface area contributed by atoms with Crippen molar-refractivity contribution in [2.24, 2.45) is 5.73 Å². The zero-order chi connectivity index (χ0) is 24.5. The molecule has 4 N–H and O–H groups in total. The second-order valence-electron chi connectivity index (χ2n) is 9.50. The fourth-order valence-electron chi connectivity index (χ4n) is 5.06. The van der Waals surface area contributed by atoms with Gasteiger partial charge in [-0.1, -0.05) is 50.2 Å². The summed E-state index contributed by atoms with van der Waals surface area (Å²) < 4.78 is 14.4. The zero-order valence-corrected chi connectivity index (χ0v) is 20.6. The number of nitrogens with zero attached hydrogens (tertiary/aromatic N) is 2. The molecule has 0 aliphatic carbocycles. The number of aromatic nitrogens is 2. The topological polar surface area (TPSA) is 98.2 Å². The molecule has 0 spiro atoms. The van der Waals surface area contributed by atoms with Crippen LogP contribution in [0.15, 0.2) is 48.5 Å². The van der Waals surface area contributed by atoms with Gasteiger partial charge in [0.2, 0.25) is 0 Å². The van der Waals surface area contributed by atoms with E-state index in [4.69, 9.17) is 25.6 Å². The van der Waals surface area contributed by atoms with Crippen molar-refractivity contribution in [3.8, 4) is 11.5 Å².